The highest BCUT2D eigenvalue weighted by Crippen LogP contribution is 2.29. The Morgan fingerprint density at radius 3 is 2.57 bits per heavy atom. The Labute approximate surface area is 124 Å². The highest BCUT2D eigenvalue weighted by atomic mass is 16.2. The van der Waals surface area contributed by atoms with E-state index in [0.29, 0.717) is 24.7 Å². The van der Waals surface area contributed by atoms with Gasteiger partial charge in [0.2, 0.25) is 5.91 Å². The highest BCUT2D eigenvalue weighted by Gasteiger charge is 2.32. The van der Waals surface area contributed by atoms with Crippen LogP contribution in [0.5, 0.6) is 0 Å². The molecule has 0 radical (unpaired) electrons. The van der Waals surface area contributed by atoms with Crippen molar-refractivity contribution in [2.24, 2.45) is 0 Å². The molecule has 1 heterocycles. The summed E-state index contributed by atoms with van der Waals surface area (Å²) in [6.45, 7) is 0.652. The second-order valence-corrected chi connectivity index (χ2v) is 5.48. The van der Waals surface area contributed by atoms with Crippen LogP contribution in [-0.4, -0.2) is 21.8 Å². The van der Waals surface area contributed by atoms with Gasteiger partial charge in [-0.25, -0.2) is 0 Å². The van der Waals surface area contributed by atoms with Crippen LogP contribution < -0.4 is 5.73 Å². The lowest BCUT2D eigenvalue weighted by atomic mass is 10.1. The van der Waals surface area contributed by atoms with Gasteiger partial charge in [-0.15, -0.1) is 0 Å². The van der Waals surface area contributed by atoms with Crippen molar-refractivity contribution in [2.75, 3.05) is 5.73 Å². The van der Waals surface area contributed by atoms with E-state index in [1.165, 1.54) is 0 Å². The number of hydrogen-bond acceptors (Lipinski definition) is 3. The monoisotopic (exact) mass is 281 g/mol. The second kappa shape index (κ2) is 5.95. The molecule has 21 heavy (non-hydrogen) atoms. The largest absolute Gasteiger partial charge is 0.398 e. The van der Waals surface area contributed by atoms with E-state index in [2.05, 4.69) is 4.98 Å². The zero-order valence-corrected chi connectivity index (χ0v) is 11.9. The summed E-state index contributed by atoms with van der Waals surface area (Å²) in [6.07, 6.45) is 6.09. The number of anilines is 1. The molecule has 0 unspecified atom stereocenters. The van der Waals surface area contributed by atoms with Gasteiger partial charge in [-0.2, -0.15) is 0 Å². The quantitative estimate of drug-likeness (QED) is 0.856. The SMILES string of the molecule is Nc1ccccc1CC(=O)N(Cc1ccncc1)C1CC1. The fraction of sp³-hybridized carbons (Fsp3) is 0.294. The smallest absolute Gasteiger partial charge is 0.227 e. The molecule has 108 valence electrons. The molecule has 1 fully saturated rings. The van der Waals surface area contributed by atoms with Crippen LogP contribution in [0.1, 0.15) is 24.0 Å². The van der Waals surface area contributed by atoms with Crippen molar-refractivity contribution in [3.63, 3.8) is 0 Å². The summed E-state index contributed by atoms with van der Waals surface area (Å²) in [7, 11) is 0. The number of nitrogens with two attached hydrogens (primary N) is 1. The number of pyridine rings is 1. The topological polar surface area (TPSA) is 59.2 Å². The van der Waals surface area contributed by atoms with E-state index in [-0.39, 0.29) is 5.91 Å². The molecule has 1 aromatic heterocycles. The van der Waals surface area contributed by atoms with Gasteiger partial charge in [0.25, 0.3) is 0 Å². The molecule has 2 aromatic rings. The molecule has 1 aliphatic carbocycles. The molecule has 0 saturated heterocycles. The van der Waals surface area contributed by atoms with E-state index in [1.54, 1.807) is 12.4 Å². The number of aromatic nitrogens is 1. The van der Waals surface area contributed by atoms with Gasteiger partial charge in [0.15, 0.2) is 0 Å². The molecular weight excluding hydrogens is 262 g/mol. The number of amides is 1. The number of carbonyl (C=O) groups is 1. The maximum Gasteiger partial charge on any atom is 0.227 e. The number of rotatable bonds is 5. The van der Waals surface area contributed by atoms with Gasteiger partial charge in [-0.05, 0) is 42.2 Å². The summed E-state index contributed by atoms with van der Waals surface area (Å²) in [6, 6.07) is 11.9. The number of para-hydroxylation sites is 1. The van der Waals surface area contributed by atoms with Crippen LogP contribution >= 0.6 is 0 Å². The second-order valence-electron chi connectivity index (χ2n) is 5.48. The lowest BCUT2D eigenvalue weighted by Crippen LogP contribution is -2.34. The fourth-order valence-corrected chi connectivity index (χ4v) is 2.45. The van der Waals surface area contributed by atoms with Crippen LogP contribution in [0.25, 0.3) is 0 Å². The first-order chi connectivity index (χ1) is 10.2. The minimum absolute atomic E-state index is 0.146. The molecule has 0 bridgehead atoms. The van der Waals surface area contributed by atoms with Crippen LogP contribution in [0, 0.1) is 0 Å². The van der Waals surface area contributed by atoms with Crippen molar-refractivity contribution in [3.8, 4) is 0 Å². The van der Waals surface area contributed by atoms with E-state index in [1.807, 2.05) is 41.3 Å². The lowest BCUT2D eigenvalue weighted by Gasteiger charge is -2.23. The Bertz CT molecular complexity index is 623. The molecule has 0 aliphatic heterocycles. The standard InChI is InChI=1S/C17H19N3O/c18-16-4-2-1-3-14(16)11-17(21)20(15-5-6-15)12-13-7-9-19-10-8-13/h1-4,7-10,15H,5-6,11-12,18H2. The predicted molar refractivity (Wildman–Crippen MR) is 82.4 cm³/mol. The lowest BCUT2D eigenvalue weighted by molar-refractivity contribution is -0.131. The molecule has 4 heteroatoms. The van der Waals surface area contributed by atoms with E-state index in [9.17, 15) is 4.79 Å². The molecule has 1 amide bonds. The molecule has 1 saturated carbocycles. The fourth-order valence-electron chi connectivity index (χ4n) is 2.45. The van der Waals surface area contributed by atoms with Crippen molar-refractivity contribution in [3.05, 3.63) is 59.9 Å². The molecule has 1 aliphatic rings. The number of carbonyl (C=O) groups excluding carboxylic acids is 1. The Balaban J connectivity index is 1.72. The first kappa shape index (κ1) is 13.6. The Morgan fingerprint density at radius 1 is 1.19 bits per heavy atom. The van der Waals surface area contributed by atoms with Crippen molar-refractivity contribution in [2.45, 2.75) is 31.8 Å². The van der Waals surface area contributed by atoms with Gasteiger partial charge in [0.1, 0.15) is 0 Å². The van der Waals surface area contributed by atoms with Gasteiger partial charge < -0.3 is 10.6 Å². The van der Waals surface area contributed by atoms with Gasteiger partial charge in [0, 0.05) is 30.7 Å². The Kier molecular flexibility index (Phi) is 3.86. The first-order valence-electron chi connectivity index (χ1n) is 7.26. The summed E-state index contributed by atoms with van der Waals surface area (Å²) in [5, 5.41) is 0. The van der Waals surface area contributed by atoms with Crippen LogP contribution in [0.15, 0.2) is 48.8 Å². The van der Waals surface area contributed by atoms with E-state index >= 15 is 0 Å². The third kappa shape index (κ3) is 3.40. The molecule has 1 aromatic carbocycles. The number of benzene rings is 1. The first-order valence-corrected chi connectivity index (χ1v) is 7.26. The van der Waals surface area contributed by atoms with E-state index in [4.69, 9.17) is 5.73 Å². The summed E-state index contributed by atoms with van der Waals surface area (Å²) in [4.78, 5) is 18.6. The van der Waals surface area contributed by atoms with Gasteiger partial charge >= 0.3 is 0 Å². The summed E-state index contributed by atoms with van der Waals surface area (Å²) < 4.78 is 0. The molecular formula is C17H19N3O. The molecule has 4 nitrogen and oxygen atoms in total. The van der Waals surface area contributed by atoms with Crippen LogP contribution in [0.3, 0.4) is 0 Å². The third-order valence-electron chi connectivity index (χ3n) is 3.81. The van der Waals surface area contributed by atoms with Gasteiger partial charge in [-0.1, -0.05) is 18.2 Å². The zero-order chi connectivity index (χ0) is 14.7. The summed E-state index contributed by atoms with van der Waals surface area (Å²) >= 11 is 0. The Hall–Kier alpha value is -2.36. The maximum absolute atomic E-state index is 12.6. The van der Waals surface area contributed by atoms with Crippen molar-refractivity contribution in [1.82, 2.24) is 9.88 Å². The normalized spacial score (nSPS) is 13.9. The number of nitrogen functional groups attached to an aromatic ring is 1. The zero-order valence-electron chi connectivity index (χ0n) is 11.9. The van der Waals surface area contributed by atoms with Crippen molar-refractivity contribution in [1.29, 1.82) is 0 Å². The predicted octanol–water partition coefficient (Wildman–Crippen LogP) is 2.40. The molecule has 0 atom stereocenters. The Morgan fingerprint density at radius 2 is 1.90 bits per heavy atom. The number of hydrogen-bond donors (Lipinski definition) is 1. The van der Waals surface area contributed by atoms with Crippen LogP contribution in [-0.2, 0) is 17.8 Å². The minimum atomic E-state index is 0.146. The van der Waals surface area contributed by atoms with Crippen molar-refractivity contribution >= 4 is 11.6 Å². The minimum Gasteiger partial charge on any atom is -0.398 e. The van der Waals surface area contributed by atoms with E-state index in [0.717, 1.165) is 24.0 Å². The van der Waals surface area contributed by atoms with Crippen LogP contribution in [0.4, 0.5) is 5.69 Å². The summed E-state index contributed by atoms with van der Waals surface area (Å²) in [5.41, 5.74) is 8.64. The van der Waals surface area contributed by atoms with Gasteiger partial charge in [-0.3, -0.25) is 9.78 Å². The number of nitrogens with zero attached hydrogens (tertiary/aromatic N) is 2. The van der Waals surface area contributed by atoms with Crippen molar-refractivity contribution < 1.29 is 4.79 Å². The summed E-state index contributed by atoms with van der Waals surface area (Å²) in [5.74, 6) is 0.146. The average Bonchev–Trinajstić information content (AvgIpc) is 3.33. The molecule has 0 spiro atoms. The van der Waals surface area contributed by atoms with Gasteiger partial charge in [0.05, 0.1) is 6.42 Å². The molecule has 2 N–H and O–H groups in total. The maximum atomic E-state index is 12.6. The van der Waals surface area contributed by atoms with Crippen LogP contribution in [0.2, 0.25) is 0 Å². The van der Waals surface area contributed by atoms with E-state index < -0.39 is 0 Å². The third-order valence-corrected chi connectivity index (χ3v) is 3.81. The average molecular weight is 281 g/mol. The highest BCUT2D eigenvalue weighted by molar-refractivity contribution is 5.81. The molecule has 3 rings (SSSR count).